The first kappa shape index (κ1) is 23.0. The van der Waals surface area contributed by atoms with Crippen LogP contribution >= 0.6 is 0 Å². The predicted octanol–water partition coefficient (Wildman–Crippen LogP) is 2.77. The second-order valence-electron chi connectivity index (χ2n) is 7.11. The van der Waals surface area contributed by atoms with Crippen molar-refractivity contribution in [1.82, 2.24) is 23.9 Å². The zero-order chi connectivity index (χ0) is 22.8. The number of ether oxygens (including phenoxy) is 1. The van der Waals surface area contributed by atoms with E-state index in [1.807, 2.05) is 13.8 Å². The summed E-state index contributed by atoms with van der Waals surface area (Å²) in [6, 6.07) is 4.63. The van der Waals surface area contributed by atoms with Gasteiger partial charge in [-0.15, -0.1) is 5.10 Å². The van der Waals surface area contributed by atoms with E-state index in [2.05, 4.69) is 15.1 Å². The van der Waals surface area contributed by atoms with Crippen molar-refractivity contribution >= 4 is 15.5 Å². The molecule has 10 heteroatoms. The van der Waals surface area contributed by atoms with Crippen LogP contribution in [-0.4, -0.2) is 52.0 Å². The minimum Gasteiger partial charge on any atom is -0.493 e. The Morgan fingerprint density at radius 2 is 1.87 bits per heavy atom. The average molecular weight is 448 g/mol. The summed E-state index contributed by atoms with van der Waals surface area (Å²) in [7, 11) is -3.69. The molecule has 0 bridgehead atoms. The van der Waals surface area contributed by atoms with Gasteiger partial charge in [0.15, 0.2) is 11.3 Å². The van der Waals surface area contributed by atoms with Gasteiger partial charge < -0.3 is 9.72 Å². The zero-order valence-corrected chi connectivity index (χ0v) is 19.4. The van der Waals surface area contributed by atoms with Crippen molar-refractivity contribution < 1.29 is 13.2 Å². The highest BCUT2D eigenvalue weighted by molar-refractivity contribution is 7.89. The van der Waals surface area contributed by atoms with Crippen LogP contribution < -0.4 is 10.3 Å². The number of sulfonamides is 1. The minimum atomic E-state index is -3.69. The van der Waals surface area contributed by atoms with Crippen LogP contribution in [0.1, 0.15) is 45.6 Å². The molecule has 168 valence electrons. The molecule has 1 N–H and O–H groups in total. The Bertz CT molecular complexity index is 1240. The first-order chi connectivity index (χ1) is 14.8. The normalized spacial score (nSPS) is 12.1. The molecule has 1 aromatic carbocycles. The summed E-state index contributed by atoms with van der Waals surface area (Å²) in [5, 5.41) is 4.61. The Kier molecular flexibility index (Phi) is 6.80. The van der Waals surface area contributed by atoms with Crippen molar-refractivity contribution in [2.75, 3.05) is 19.7 Å². The summed E-state index contributed by atoms with van der Waals surface area (Å²) in [5.74, 6) is 1.36. The fourth-order valence-corrected chi connectivity index (χ4v) is 5.08. The van der Waals surface area contributed by atoms with Gasteiger partial charge in [-0.05, 0) is 38.5 Å². The highest BCUT2D eigenvalue weighted by Crippen LogP contribution is 2.31. The number of benzene rings is 1. The van der Waals surface area contributed by atoms with Gasteiger partial charge in [0.25, 0.3) is 5.56 Å². The quantitative estimate of drug-likeness (QED) is 0.540. The van der Waals surface area contributed by atoms with Crippen LogP contribution in [-0.2, 0) is 16.4 Å². The molecule has 3 aromatic rings. The van der Waals surface area contributed by atoms with Gasteiger partial charge >= 0.3 is 0 Å². The maximum atomic E-state index is 13.0. The lowest BCUT2D eigenvalue weighted by Crippen LogP contribution is -2.30. The molecule has 3 rings (SSSR count). The second kappa shape index (κ2) is 9.19. The molecule has 0 aliphatic heterocycles. The number of hydrogen-bond donors (Lipinski definition) is 1. The van der Waals surface area contributed by atoms with Crippen LogP contribution in [0.4, 0.5) is 0 Å². The van der Waals surface area contributed by atoms with Gasteiger partial charge in [-0.1, -0.05) is 20.8 Å². The monoisotopic (exact) mass is 447 g/mol. The molecule has 2 heterocycles. The summed E-state index contributed by atoms with van der Waals surface area (Å²) in [4.78, 5) is 20.2. The largest absolute Gasteiger partial charge is 0.493 e. The molecule has 0 unspecified atom stereocenters. The lowest BCUT2D eigenvalue weighted by molar-refractivity contribution is 0.341. The highest BCUT2D eigenvalue weighted by Gasteiger charge is 2.24. The molecule has 0 atom stereocenters. The van der Waals surface area contributed by atoms with Crippen molar-refractivity contribution in [3.63, 3.8) is 0 Å². The molecule has 0 aliphatic rings. The molecule has 9 nitrogen and oxygen atoms in total. The third-order valence-electron chi connectivity index (χ3n) is 5.07. The molecule has 2 aromatic heterocycles. The molecule has 0 aliphatic carbocycles. The molecular weight excluding hydrogens is 418 g/mol. The SMILES string of the molecule is CCCc1nc(C)c2c(=O)[nH]c(-c3cc(S(=O)(=O)N(CC)CC)ccc3OCC)nn12. The molecule has 0 amide bonds. The standard InChI is InChI=1S/C21H29N5O4S/c1-6-10-18-22-14(5)19-21(27)23-20(24-26(18)19)16-13-15(11-12-17(16)30-9-4)31(28,29)25(7-2)8-3/h11-13H,6-10H2,1-5H3,(H,23,24,27). The molecule has 0 radical (unpaired) electrons. The molecule has 0 fully saturated rings. The van der Waals surface area contributed by atoms with Crippen molar-refractivity contribution in [2.45, 2.75) is 52.4 Å². The average Bonchev–Trinajstić information content (AvgIpc) is 3.05. The Labute approximate surface area is 182 Å². The molecule has 0 spiro atoms. The number of aryl methyl sites for hydroxylation is 2. The maximum absolute atomic E-state index is 13.0. The first-order valence-electron chi connectivity index (χ1n) is 10.5. The van der Waals surface area contributed by atoms with E-state index in [0.717, 1.165) is 6.42 Å². The first-order valence-corrected chi connectivity index (χ1v) is 12.0. The predicted molar refractivity (Wildman–Crippen MR) is 119 cm³/mol. The van der Waals surface area contributed by atoms with Crippen LogP contribution in [0.2, 0.25) is 0 Å². The fourth-order valence-electron chi connectivity index (χ4n) is 3.59. The highest BCUT2D eigenvalue weighted by atomic mass is 32.2. The van der Waals surface area contributed by atoms with Crippen LogP contribution in [0.25, 0.3) is 16.9 Å². The summed E-state index contributed by atoms with van der Waals surface area (Å²) in [6.07, 6.45) is 1.52. The Balaban J connectivity index is 2.27. The summed E-state index contributed by atoms with van der Waals surface area (Å²) in [6.45, 7) is 10.3. The second-order valence-corrected chi connectivity index (χ2v) is 9.04. The summed E-state index contributed by atoms with van der Waals surface area (Å²) >= 11 is 0. The third-order valence-corrected chi connectivity index (χ3v) is 7.11. The number of rotatable bonds is 9. The van der Waals surface area contributed by atoms with E-state index < -0.39 is 10.0 Å². The van der Waals surface area contributed by atoms with Crippen LogP contribution in [0.5, 0.6) is 5.75 Å². The van der Waals surface area contributed by atoms with E-state index in [0.29, 0.717) is 54.5 Å². The van der Waals surface area contributed by atoms with Gasteiger partial charge in [0, 0.05) is 19.5 Å². The Morgan fingerprint density at radius 1 is 1.16 bits per heavy atom. The number of imidazole rings is 1. The van der Waals surface area contributed by atoms with Crippen molar-refractivity contribution in [1.29, 1.82) is 0 Å². The number of nitrogens with zero attached hydrogens (tertiary/aromatic N) is 4. The van der Waals surface area contributed by atoms with E-state index in [1.54, 1.807) is 31.4 Å². The molecule has 31 heavy (non-hydrogen) atoms. The van der Waals surface area contributed by atoms with Crippen LogP contribution in [0.15, 0.2) is 27.9 Å². The number of aromatic amines is 1. The van der Waals surface area contributed by atoms with Crippen molar-refractivity contribution in [3.05, 3.63) is 40.1 Å². The summed E-state index contributed by atoms with van der Waals surface area (Å²) in [5.41, 5.74) is 1.06. The summed E-state index contributed by atoms with van der Waals surface area (Å²) < 4.78 is 34.7. The van der Waals surface area contributed by atoms with Gasteiger partial charge in [0.1, 0.15) is 11.6 Å². The fraction of sp³-hybridized carbons (Fsp3) is 0.476. The number of fused-ring (bicyclic) bond motifs is 1. The van der Waals surface area contributed by atoms with E-state index in [9.17, 15) is 13.2 Å². The van der Waals surface area contributed by atoms with Crippen LogP contribution in [0.3, 0.4) is 0 Å². The third kappa shape index (κ3) is 4.22. The van der Waals surface area contributed by atoms with Crippen molar-refractivity contribution in [2.24, 2.45) is 0 Å². The van der Waals surface area contributed by atoms with Gasteiger partial charge in [0.2, 0.25) is 10.0 Å². The maximum Gasteiger partial charge on any atom is 0.277 e. The van der Waals surface area contributed by atoms with E-state index in [4.69, 9.17) is 4.74 Å². The lowest BCUT2D eigenvalue weighted by atomic mass is 10.2. The number of aromatic nitrogens is 4. The Hall–Kier alpha value is -2.72. The van der Waals surface area contributed by atoms with Gasteiger partial charge in [-0.3, -0.25) is 4.79 Å². The number of H-pyrrole nitrogens is 1. The zero-order valence-electron chi connectivity index (χ0n) is 18.6. The van der Waals surface area contributed by atoms with Gasteiger partial charge in [-0.25, -0.2) is 17.9 Å². The molecule has 0 saturated heterocycles. The Morgan fingerprint density at radius 3 is 2.48 bits per heavy atom. The van der Waals surface area contributed by atoms with Gasteiger partial charge in [-0.2, -0.15) is 4.31 Å². The van der Waals surface area contributed by atoms with E-state index in [-0.39, 0.29) is 16.3 Å². The topological polar surface area (TPSA) is 110 Å². The number of hydrogen-bond acceptors (Lipinski definition) is 6. The smallest absolute Gasteiger partial charge is 0.277 e. The lowest BCUT2D eigenvalue weighted by Gasteiger charge is -2.19. The minimum absolute atomic E-state index is 0.119. The molecule has 0 saturated carbocycles. The molecular formula is C21H29N5O4S. The van der Waals surface area contributed by atoms with E-state index >= 15 is 0 Å². The van der Waals surface area contributed by atoms with Gasteiger partial charge in [0.05, 0.1) is 22.8 Å². The van der Waals surface area contributed by atoms with Crippen molar-refractivity contribution in [3.8, 4) is 17.1 Å². The van der Waals surface area contributed by atoms with Crippen LogP contribution in [0, 0.1) is 6.92 Å². The van der Waals surface area contributed by atoms with E-state index in [1.165, 1.54) is 16.4 Å². The number of nitrogens with one attached hydrogen (secondary N) is 1.